The zero-order valence-corrected chi connectivity index (χ0v) is 14.8. The summed E-state index contributed by atoms with van der Waals surface area (Å²) in [5.41, 5.74) is 3.55. The molecular formula is C17H18ClNO3S. The topological polar surface area (TPSA) is 63.2 Å². The lowest BCUT2D eigenvalue weighted by Crippen LogP contribution is -2.23. The van der Waals surface area contributed by atoms with E-state index in [1.807, 2.05) is 32.9 Å². The Labute approximate surface area is 141 Å². The molecule has 0 aliphatic heterocycles. The van der Waals surface area contributed by atoms with E-state index in [0.717, 1.165) is 16.7 Å². The van der Waals surface area contributed by atoms with Crippen LogP contribution >= 0.6 is 11.6 Å². The van der Waals surface area contributed by atoms with Gasteiger partial charge in [0.1, 0.15) is 5.75 Å². The molecule has 0 heterocycles. The maximum absolute atomic E-state index is 12.3. The van der Waals surface area contributed by atoms with Crippen molar-refractivity contribution >= 4 is 33.0 Å². The van der Waals surface area contributed by atoms with E-state index < -0.39 is 21.5 Å². The quantitative estimate of drug-likeness (QED) is 0.913. The zero-order chi connectivity index (χ0) is 17.2. The number of anilines is 1. The molecule has 0 saturated heterocycles. The van der Waals surface area contributed by atoms with Crippen molar-refractivity contribution in [3.05, 3.63) is 58.1 Å². The third-order valence-corrected chi connectivity index (χ3v) is 5.32. The maximum atomic E-state index is 12.3. The van der Waals surface area contributed by atoms with E-state index >= 15 is 0 Å². The summed E-state index contributed by atoms with van der Waals surface area (Å²) in [6, 6.07) is 9.65. The molecule has 0 aromatic heterocycles. The lowest BCUT2D eigenvalue weighted by molar-refractivity contribution is -0.113. The van der Waals surface area contributed by atoms with Crippen molar-refractivity contribution in [1.82, 2.24) is 0 Å². The molecule has 4 nitrogen and oxygen atoms in total. The molecule has 0 aliphatic carbocycles. The Balaban J connectivity index is 2.18. The molecule has 23 heavy (non-hydrogen) atoms. The second kappa shape index (κ2) is 6.72. The molecule has 0 spiro atoms. The van der Waals surface area contributed by atoms with Crippen LogP contribution in [0.2, 0.25) is 5.02 Å². The van der Waals surface area contributed by atoms with Gasteiger partial charge in [-0.1, -0.05) is 29.3 Å². The summed E-state index contributed by atoms with van der Waals surface area (Å²) in [7, 11) is -3.70. The van der Waals surface area contributed by atoms with Gasteiger partial charge in [0.15, 0.2) is 9.84 Å². The van der Waals surface area contributed by atoms with E-state index in [-0.39, 0.29) is 4.90 Å². The average Bonchev–Trinajstić information content (AvgIpc) is 2.42. The Hall–Kier alpha value is -1.85. The first-order valence-corrected chi connectivity index (χ1v) is 9.08. The first-order valence-electron chi connectivity index (χ1n) is 7.05. The van der Waals surface area contributed by atoms with Crippen LogP contribution in [-0.2, 0) is 14.6 Å². The first-order chi connectivity index (χ1) is 10.7. The lowest BCUT2D eigenvalue weighted by Gasteiger charge is -2.13. The van der Waals surface area contributed by atoms with E-state index in [2.05, 4.69) is 5.32 Å². The Morgan fingerprint density at radius 1 is 1.04 bits per heavy atom. The minimum absolute atomic E-state index is 0.0781. The smallest absolute Gasteiger partial charge is 0.239 e. The van der Waals surface area contributed by atoms with Gasteiger partial charge in [-0.15, -0.1) is 0 Å². The number of carbonyl (C=O) groups excluding carboxylic acids is 1. The molecule has 6 heteroatoms. The predicted molar refractivity (Wildman–Crippen MR) is 92.8 cm³/mol. The number of benzene rings is 2. The van der Waals surface area contributed by atoms with Crippen molar-refractivity contribution in [3.63, 3.8) is 0 Å². The number of sulfone groups is 1. The molecule has 0 saturated carbocycles. The third-order valence-electron chi connectivity index (χ3n) is 3.44. The van der Waals surface area contributed by atoms with Crippen LogP contribution in [0.25, 0.3) is 0 Å². The van der Waals surface area contributed by atoms with Crippen LogP contribution in [0.4, 0.5) is 5.69 Å². The molecule has 0 bridgehead atoms. The highest BCUT2D eigenvalue weighted by molar-refractivity contribution is 7.92. The van der Waals surface area contributed by atoms with Crippen molar-refractivity contribution < 1.29 is 13.2 Å². The molecule has 0 radical (unpaired) electrons. The number of amides is 1. The minimum Gasteiger partial charge on any atom is -0.325 e. The Morgan fingerprint density at radius 3 is 2.09 bits per heavy atom. The zero-order valence-electron chi connectivity index (χ0n) is 13.2. The Kier molecular flexibility index (Phi) is 5.12. The van der Waals surface area contributed by atoms with E-state index in [4.69, 9.17) is 11.6 Å². The predicted octanol–water partition coefficient (Wildman–Crippen LogP) is 3.68. The normalized spacial score (nSPS) is 11.3. The number of hydrogen-bond donors (Lipinski definition) is 1. The van der Waals surface area contributed by atoms with Crippen LogP contribution in [0.15, 0.2) is 41.3 Å². The molecule has 122 valence electrons. The highest BCUT2D eigenvalue weighted by Gasteiger charge is 2.20. The van der Waals surface area contributed by atoms with Crippen molar-refractivity contribution in [2.45, 2.75) is 25.7 Å². The number of nitrogens with one attached hydrogen (secondary N) is 1. The molecule has 0 fully saturated rings. The number of rotatable bonds is 4. The van der Waals surface area contributed by atoms with Gasteiger partial charge >= 0.3 is 0 Å². The Bertz CT molecular complexity index is 820. The standard InChI is InChI=1S/C17H18ClNO3S/c1-11-8-12(2)17(13(3)9-11)19-16(20)10-23(21,22)15-6-4-14(18)5-7-15/h4-9H,10H2,1-3H3,(H,19,20). The van der Waals surface area contributed by atoms with E-state index in [1.165, 1.54) is 24.3 Å². The summed E-state index contributed by atoms with van der Waals surface area (Å²) < 4.78 is 24.5. The van der Waals surface area contributed by atoms with Crippen LogP contribution in [0.1, 0.15) is 16.7 Å². The van der Waals surface area contributed by atoms with E-state index in [0.29, 0.717) is 10.7 Å². The summed E-state index contributed by atoms with van der Waals surface area (Å²) in [6.07, 6.45) is 0. The fraction of sp³-hybridized carbons (Fsp3) is 0.235. The van der Waals surface area contributed by atoms with Crippen molar-refractivity contribution in [2.75, 3.05) is 11.1 Å². The highest BCUT2D eigenvalue weighted by atomic mass is 35.5. The third kappa shape index (κ3) is 4.33. The van der Waals surface area contributed by atoms with Gasteiger partial charge in [0.2, 0.25) is 5.91 Å². The van der Waals surface area contributed by atoms with Gasteiger partial charge in [0.25, 0.3) is 0 Å². The molecule has 1 amide bonds. The summed E-state index contributed by atoms with van der Waals surface area (Å²) in [6.45, 7) is 5.73. The molecule has 2 aromatic carbocycles. The van der Waals surface area contributed by atoms with Gasteiger partial charge in [-0.05, 0) is 56.2 Å². The fourth-order valence-corrected chi connectivity index (χ4v) is 3.71. The molecule has 2 aromatic rings. The second-order valence-electron chi connectivity index (χ2n) is 5.53. The number of carbonyl (C=O) groups is 1. The Morgan fingerprint density at radius 2 is 1.57 bits per heavy atom. The second-order valence-corrected chi connectivity index (χ2v) is 7.96. The van der Waals surface area contributed by atoms with Crippen LogP contribution < -0.4 is 5.32 Å². The van der Waals surface area contributed by atoms with Gasteiger partial charge in [-0.25, -0.2) is 8.42 Å². The molecule has 0 unspecified atom stereocenters. The maximum Gasteiger partial charge on any atom is 0.239 e. The molecule has 1 N–H and O–H groups in total. The van der Waals surface area contributed by atoms with Gasteiger partial charge in [-0.3, -0.25) is 4.79 Å². The number of halogens is 1. The van der Waals surface area contributed by atoms with Crippen molar-refractivity contribution in [1.29, 1.82) is 0 Å². The van der Waals surface area contributed by atoms with Gasteiger partial charge in [0, 0.05) is 10.7 Å². The monoisotopic (exact) mass is 351 g/mol. The summed E-state index contributed by atoms with van der Waals surface area (Å²) in [4.78, 5) is 12.2. The van der Waals surface area contributed by atoms with Crippen LogP contribution in [0.3, 0.4) is 0 Å². The van der Waals surface area contributed by atoms with Gasteiger partial charge in [-0.2, -0.15) is 0 Å². The van der Waals surface area contributed by atoms with Gasteiger partial charge in [0.05, 0.1) is 4.90 Å². The molecule has 0 aliphatic rings. The average molecular weight is 352 g/mol. The van der Waals surface area contributed by atoms with Crippen LogP contribution in [-0.4, -0.2) is 20.1 Å². The lowest BCUT2D eigenvalue weighted by atomic mass is 10.1. The largest absolute Gasteiger partial charge is 0.325 e. The van der Waals surface area contributed by atoms with E-state index in [1.54, 1.807) is 0 Å². The van der Waals surface area contributed by atoms with Crippen LogP contribution in [0.5, 0.6) is 0 Å². The van der Waals surface area contributed by atoms with Gasteiger partial charge < -0.3 is 5.32 Å². The minimum atomic E-state index is -3.70. The summed E-state index contributed by atoms with van der Waals surface area (Å²) in [5.74, 6) is -1.17. The van der Waals surface area contributed by atoms with Crippen LogP contribution in [0, 0.1) is 20.8 Å². The molecular weight excluding hydrogens is 334 g/mol. The van der Waals surface area contributed by atoms with Crippen molar-refractivity contribution in [2.24, 2.45) is 0 Å². The van der Waals surface area contributed by atoms with E-state index in [9.17, 15) is 13.2 Å². The van der Waals surface area contributed by atoms with Crippen molar-refractivity contribution in [3.8, 4) is 0 Å². The fourth-order valence-electron chi connectivity index (χ4n) is 2.45. The summed E-state index contributed by atoms with van der Waals surface area (Å²) >= 11 is 5.75. The highest BCUT2D eigenvalue weighted by Crippen LogP contribution is 2.22. The number of hydrogen-bond acceptors (Lipinski definition) is 3. The SMILES string of the molecule is Cc1cc(C)c(NC(=O)CS(=O)(=O)c2ccc(Cl)cc2)c(C)c1. The molecule has 2 rings (SSSR count). The number of aryl methyl sites for hydroxylation is 3. The molecule has 0 atom stereocenters. The first kappa shape index (κ1) is 17.5. The summed E-state index contributed by atoms with van der Waals surface area (Å²) in [5, 5.41) is 3.14.